The van der Waals surface area contributed by atoms with Crippen molar-refractivity contribution in [3.63, 3.8) is 0 Å². The molecule has 0 aliphatic carbocycles. The molecule has 1 heterocycles. The summed E-state index contributed by atoms with van der Waals surface area (Å²) >= 11 is 0. The van der Waals surface area contributed by atoms with Crippen molar-refractivity contribution in [3.8, 4) is 11.5 Å². The molecule has 0 spiro atoms. The first-order valence-electron chi connectivity index (χ1n) is 13.6. The van der Waals surface area contributed by atoms with Gasteiger partial charge in [0.15, 0.2) is 0 Å². The zero-order chi connectivity index (χ0) is 29.9. The number of benzene rings is 2. The van der Waals surface area contributed by atoms with Crippen LogP contribution >= 0.6 is 0 Å². The molecule has 0 aromatic heterocycles. The number of para-hydroxylation sites is 1. The van der Waals surface area contributed by atoms with E-state index in [4.69, 9.17) is 9.47 Å². The highest BCUT2D eigenvalue weighted by molar-refractivity contribution is 5.98. The van der Waals surface area contributed by atoms with Gasteiger partial charge >= 0.3 is 11.9 Å². The standard InChI is InChI=1S/C30H37N3O8/c1-4-21(31-15-9-17-40-23-11-6-5-7-12-23)10-8-16-41-25-14-13-22(33(38)39)18-24(25)28-26(29(34)35)19(2)32-20(3)27(28)30(36)37/h5-7,11-14,18,21,28,31-32H,4,8-10,15-17H2,1-3H3,(H,34,35)(H,36,37). The van der Waals surface area contributed by atoms with Crippen LogP contribution in [-0.4, -0.2) is 52.9 Å². The van der Waals surface area contributed by atoms with Crippen LogP contribution < -0.4 is 20.1 Å². The Morgan fingerprint density at radius 3 is 2.22 bits per heavy atom. The van der Waals surface area contributed by atoms with Gasteiger partial charge in [-0.25, -0.2) is 9.59 Å². The number of nitro benzene ring substituents is 1. The predicted octanol–water partition coefficient (Wildman–Crippen LogP) is 5.00. The maximum absolute atomic E-state index is 12.2. The molecule has 0 fully saturated rings. The van der Waals surface area contributed by atoms with E-state index in [2.05, 4.69) is 17.6 Å². The second-order valence-electron chi connectivity index (χ2n) is 9.79. The maximum atomic E-state index is 12.2. The van der Waals surface area contributed by atoms with Crippen LogP contribution in [0.2, 0.25) is 0 Å². The van der Waals surface area contributed by atoms with E-state index in [1.54, 1.807) is 0 Å². The van der Waals surface area contributed by atoms with E-state index in [1.165, 1.54) is 32.0 Å². The normalized spacial score (nSPS) is 14.4. The van der Waals surface area contributed by atoms with E-state index < -0.39 is 22.8 Å². The van der Waals surface area contributed by atoms with Gasteiger partial charge in [-0.15, -0.1) is 0 Å². The highest BCUT2D eigenvalue weighted by Crippen LogP contribution is 2.43. The summed E-state index contributed by atoms with van der Waals surface area (Å²) < 4.78 is 11.7. The first kappa shape index (κ1) is 31.2. The van der Waals surface area contributed by atoms with Gasteiger partial charge in [0.1, 0.15) is 11.5 Å². The van der Waals surface area contributed by atoms with Crippen molar-refractivity contribution in [2.24, 2.45) is 0 Å². The molecule has 1 unspecified atom stereocenters. The van der Waals surface area contributed by atoms with Gasteiger partial charge in [-0.2, -0.15) is 0 Å². The van der Waals surface area contributed by atoms with Crippen LogP contribution in [0, 0.1) is 10.1 Å². The number of allylic oxidation sites excluding steroid dienone is 2. The fourth-order valence-corrected chi connectivity index (χ4v) is 4.93. The third kappa shape index (κ3) is 8.31. The Balaban J connectivity index is 1.67. The largest absolute Gasteiger partial charge is 0.494 e. The number of aliphatic carboxylic acids is 2. The molecule has 1 aliphatic rings. The van der Waals surface area contributed by atoms with Gasteiger partial charge in [0.25, 0.3) is 5.69 Å². The zero-order valence-corrected chi connectivity index (χ0v) is 23.5. The Labute approximate surface area is 239 Å². The van der Waals surface area contributed by atoms with Crippen LogP contribution in [0.5, 0.6) is 11.5 Å². The third-order valence-corrected chi connectivity index (χ3v) is 6.95. The molecule has 11 nitrogen and oxygen atoms in total. The quantitative estimate of drug-likeness (QED) is 0.123. The SMILES string of the molecule is CCC(CCCOc1ccc([N+](=O)[O-])cc1C1C(C(=O)O)=C(C)NC(C)=C1C(=O)O)NCCCOc1ccccc1. The molecule has 0 radical (unpaired) electrons. The van der Waals surface area contributed by atoms with Gasteiger partial charge in [0.05, 0.1) is 35.2 Å². The topological polar surface area (TPSA) is 160 Å². The molecule has 41 heavy (non-hydrogen) atoms. The fourth-order valence-electron chi connectivity index (χ4n) is 4.93. The highest BCUT2D eigenvalue weighted by atomic mass is 16.6. The Morgan fingerprint density at radius 1 is 1.00 bits per heavy atom. The Hall–Kier alpha value is -4.38. The Bertz CT molecular complexity index is 1270. The number of hydrogen-bond acceptors (Lipinski definition) is 8. The van der Waals surface area contributed by atoms with Crippen LogP contribution in [0.3, 0.4) is 0 Å². The van der Waals surface area contributed by atoms with Gasteiger partial charge in [-0.1, -0.05) is 25.1 Å². The number of rotatable bonds is 16. The number of carboxylic acids is 2. The van der Waals surface area contributed by atoms with Gasteiger partial charge in [-0.05, 0) is 64.3 Å². The van der Waals surface area contributed by atoms with Crippen molar-refractivity contribution in [1.82, 2.24) is 10.6 Å². The molecule has 0 saturated heterocycles. The fraction of sp³-hybridized carbons (Fsp3) is 0.400. The summed E-state index contributed by atoms with van der Waals surface area (Å²) in [6, 6.07) is 13.8. The Morgan fingerprint density at radius 2 is 1.63 bits per heavy atom. The lowest BCUT2D eigenvalue weighted by molar-refractivity contribution is -0.384. The van der Waals surface area contributed by atoms with Crippen LogP contribution in [-0.2, 0) is 9.59 Å². The molecule has 3 rings (SSSR count). The van der Waals surface area contributed by atoms with Crippen molar-refractivity contribution in [2.45, 2.75) is 58.4 Å². The van der Waals surface area contributed by atoms with Crippen molar-refractivity contribution in [1.29, 1.82) is 0 Å². The number of dihydropyridines is 1. The lowest BCUT2D eigenvalue weighted by Crippen LogP contribution is -2.31. The zero-order valence-electron chi connectivity index (χ0n) is 23.5. The third-order valence-electron chi connectivity index (χ3n) is 6.95. The molecule has 1 aliphatic heterocycles. The number of nitrogens with one attached hydrogen (secondary N) is 2. The van der Waals surface area contributed by atoms with E-state index in [0.29, 0.717) is 13.0 Å². The van der Waals surface area contributed by atoms with E-state index >= 15 is 0 Å². The molecule has 220 valence electrons. The molecule has 0 amide bonds. The lowest BCUT2D eigenvalue weighted by atomic mass is 9.80. The molecule has 0 saturated carbocycles. The van der Waals surface area contributed by atoms with E-state index in [1.807, 2.05) is 30.3 Å². The average Bonchev–Trinajstić information content (AvgIpc) is 2.93. The Kier molecular flexibility index (Phi) is 11.3. The summed E-state index contributed by atoms with van der Waals surface area (Å²) in [5.41, 5.74) is -0.0587. The highest BCUT2D eigenvalue weighted by Gasteiger charge is 2.38. The number of carbonyl (C=O) groups is 2. The molecule has 2 aromatic rings. The summed E-state index contributed by atoms with van der Waals surface area (Å²) in [6.45, 7) is 6.82. The van der Waals surface area contributed by atoms with Gasteiger partial charge in [0, 0.05) is 35.1 Å². The number of hydrogen-bond donors (Lipinski definition) is 4. The van der Waals surface area contributed by atoms with Gasteiger partial charge < -0.3 is 30.3 Å². The van der Waals surface area contributed by atoms with E-state index in [9.17, 15) is 29.9 Å². The molecule has 2 aromatic carbocycles. The second-order valence-corrected chi connectivity index (χ2v) is 9.79. The molecule has 0 bridgehead atoms. The van der Waals surface area contributed by atoms with Crippen molar-refractivity contribution < 1.29 is 34.2 Å². The first-order valence-corrected chi connectivity index (χ1v) is 13.6. The molecule has 11 heteroatoms. The van der Waals surface area contributed by atoms with Crippen LogP contribution in [0.15, 0.2) is 71.1 Å². The monoisotopic (exact) mass is 567 g/mol. The minimum absolute atomic E-state index is 0.123. The van der Waals surface area contributed by atoms with Crippen LogP contribution in [0.25, 0.3) is 0 Å². The lowest BCUT2D eigenvalue weighted by Gasteiger charge is -2.29. The second kappa shape index (κ2) is 14.8. The van der Waals surface area contributed by atoms with Crippen molar-refractivity contribution in [3.05, 3.63) is 86.7 Å². The maximum Gasteiger partial charge on any atom is 0.334 e. The molecule has 1 atom stereocenters. The van der Waals surface area contributed by atoms with Crippen LogP contribution in [0.4, 0.5) is 5.69 Å². The van der Waals surface area contributed by atoms with Gasteiger partial charge in [0.2, 0.25) is 0 Å². The number of non-ortho nitro benzene ring substituents is 1. The summed E-state index contributed by atoms with van der Waals surface area (Å²) in [5.74, 6) is -2.86. The van der Waals surface area contributed by atoms with E-state index in [-0.39, 0.29) is 52.2 Å². The number of carboxylic acid groups (broad SMARTS) is 2. The molecule has 4 N–H and O–H groups in total. The summed E-state index contributed by atoms with van der Waals surface area (Å²) in [7, 11) is 0. The number of nitrogens with zero attached hydrogens (tertiary/aromatic N) is 1. The number of ether oxygens (including phenoxy) is 2. The van der Waals surface area contributed by atoms with E-state index in [0.717, 1.165) is 31.6 Å². The number of nitro groups is 1. The van der Waals surface area contributed by atoms with Crippen molar-refractivity contribution >= 4 is 17.6 Å². The summed E-state index contributed by atoms with van der Waals surface area (Å²) in [6.07, 6.45) is 3.23. The minimum Gasteiger partial charge on any atom is -0.494 e. The summed E-state index contributed by atoms with van der Waals surface area (Å²) in [4.78, 5) is 35.4. The predicted molar refractivity (Wildman–Crippen MR) is 153 cm³/mol. The average molecular weight is 568 g/mol. The van der Waals surface area contributed by atoms with Gasteiger partial charge in [-0.3, -0.25) is 10.1 Å². The van der Waals surface area contributed by atoms with Crippen LogP contribution in [0.1, 0.15) is 57.9 Å². The minimum atomic E-state index is -1.32. The molecular weight excluding hydrogens is 530 g/mol. The first-order chi connectivity index (χ1) is 19.6. The summed E-state index contributed by atoms with van der Waals surface area (Å²) in [5, 5.41) is 37.8. The molecular formula is C30H37N3O8. The van der Waals surface area contributed by atoms with Crippen molar-refractivity contribution in [2.75, 3.05) is 19.8 Å². The smallest absolute Gasteiger partial charge is 0.334 e.